The van der Waals surface area contributed by atoms with E-state index in [0.717, 1.165) is 0 Å². The first kappa shape index (κ1) is 80.9. The van der Waals surface area contributed by atoms with Crippen LogP contribution in [-0.4, -0.2) is 0 Å². The van der Waals surface area contributed by atoms with Gasteiger partial charge < -0.3 is 0 Å². The summed E-state index contributed by atoms with van der Waals surface area (Å²) < 4.78 is 0. The van der Waals surface area contributed by atoms with Crippen molar-refractivity contribution in [3.8, 4) is 77.9 Å². The van der Waals surface area contributed by atoms with E-state index in [1.54, 1.807) is 0 Å². The minimum absolute atomic E-state index is 0.00110. The molecular formula is C125H108. The second-order valence-electron chi connectivity index (χ2n) is 38.9. The third kappa shape index (κ3) is 14.7. The van der Waals surface area contributed by atoms with Crippen molar-refractivity contribution in [2.75, 3.05) is 0 Å². The summed E-state index contributed by atoms with van der Waals surface area (Å²) in [7, 11) is 0. The Hall–Kier alpha value is -13.8. The largest absolute Gasteiger partial charge is 0.0622 e. The van der Waals surface area contributed by atoms with Crippen molar-refractivity contribution in [1.29, 1.82) is 0 Å². The van der Waals surface area contributed by atoms with Crippen molar-refractivity contribution in [1.82, 2.24) is 0 Å². The molecule has 0 nitrogen and oxygen atoms in total. The Balaban J connectivity index is 0.000000109. The molecule has 0 saturated carbocycles. The Kier molecular flexibility index (Phi) is 20.8. The van der Waals surface area contributed by atoms with Gasteiger partial charge in [-0.3, -0.25) is 0 Å². The lowest BCUT2D eigenvalue weighted by Crippen LogP contribution is -2.15. The normalized spacial score (nSPS) is 12.6. The fourth-order valence-electron chi connectivity index (χ4n) is 21.0. The molecule has 0 N–H and O–H groups in total. The zero-order valence-corrected chi connectivity index (χ0v) is 74.6. The van der Waals surface area contributed by atoms with Gasteiger partial charge in [-0.1, -0.05) is 479 Å². The smallest absolute Gasteiger partial charge is 0.0159 e. The maximum Gasteiger partial charge on any atom is 0.0159 e. The van der Waals surface area contributed by atoms with Gasteiger partial charge in [-0.25, -0.2) is 0 Å². The van der Waals surface area contributed by atoms with E-state index in [0.29, 0.717) is 0 Å². The molecule has 1 aliphatic carbocycles. The fraction of sp³-hybridized carbons (Fsp3) is 0.152. The molecule has 0 spiro atoms. The summed E-state index contributed by atoms with van der Waals surface area (Å²) in [5, 5.41) is 26.7. The van der Waals surface area contributed by atoms with Crippen LogP contribution in [0.3, 0.4) is 0 Å². The second kappa shape index (κ2) is 32.2. The van der Waals surface area contributed by atoms with Crippen LogP contribution in [0.4, 0.5) is 0 Å². The van der Waals surface area contributed by atoms with Crippen molar-refractivity contribution in [2.45, 2.75) is 124 Å². The summed E-state index contributed by atoms with van der Waals surface area (Å²) in [6, 6.07) is 147. The average Bonchev–Trinajstić information content (AvgIpc) is 1.72. The van der Waals surface area contributed by atoms with Crippen LogP contribution >= 0.6 is 0 Å². The zero-order chi connectivity index (χ0) is 86.3. The third-order valence-electron chi connectivity index (χ3n) is 26.2. The maximum absolute atomic E-state index is 2.46. The Bertz CT molecular complexity index is 7510. The van der Waals surface area contributed by atoms with E-state index in [1.807, 2.05) is 0 Å². The van der Waals surface area contributed by atoms with Crippen LogP contribution in [-0.2, 0) is 27.1 Å². The highest BCUT2D eigenvalue weighted by Crippen LogP contribution is 2.54. The van der Waals surface area contributed by atoms with Crippen molar-refractivity contribution in [3.05, 3.63) is 434 Å². The van der Waals surface area contributed by atoms with E-state index in [-0.39, 0.29) is 27.1 Å². The first-order chi connectivity index (χ1) is 60.4. The number of rotatable bonds is 6. The van der Waals surface area contributed by atoms with Crippen LogP contribution in [0.15, 0.2) is 400 Å². The molecule has 1 aliphatic rings. The lowest BCUT2D eigenvalue weighted by Gasteiger charge is -2.27. The summed E-state index contributed by atoms with van der Waals surface area (Å²) in [4.78, 5) is 0. The van der Waals surface area contributed by atoms with Crippen LogP contribution in [0.25, 0.3) is 186 Å². The molecule has 0 aliphatic heterocycles. The first-order valence-corrected chi connectivity index (χ1v) is 44.6. The Morgan fingerprint density at radius 3 is 0.800 bits per heavy atom. The van der Waals surface area contributed by atoms with Crippen molar-refractivity contribution in [3.63, 3.8) is 0 Å². The third-order valence-corrected chi connectivity index (χ3v) is 26.2. The van der Waals surface area contributed by atoms with Crippen LogP contribution in [0.1, 0.15) is 130 Å². The topological polar surface area (TPSA) is 0 Å². The lowest BCUT2D eigenvalue weighted by atomic mass is 9.77. The van der Waals surface area contributed by atoms with Gasteiger partial charge in [0, 0.05) is 5.41 Å². The first-order valence-electron chi connectivity index (χ1n) is 44.6. The molecule has 0 heteroatoms. The van der Waals surface area contributed by atoms with E-state index in [9.17, 15) is 0 Å². The van der Waals surface area contributed by atoms with Crippen molar-refractivity contribution < 1.29 is 0 Å². The maximum atomic E-state index is 2.46. The highest BCUT2D eigenvalue weighted by molar-refractivity contribution is 6.24. The second-order valence-corrected chi connectivity index (χ2v) is 38.9. The van der Waals surface area contributed by atoms with Crippen LogP contribution in [0, 0.1) is 0 Å². The van der Waals surface area contributed by atoms with E-state index in [2.05, 4.69) is 497 Å². The summed E-state index contributed by atoms with van der Waals surface area (Å²) in [5.74, 6) is 0. The van der Waals surface area contributed by atoms with Gasteiger partial charge in [-0.2, -0.15) is 0 Å². The quantitative estimate of drug-likeness (QED) is 0.115. The summed E-state index contributed by atoms with van der Waals surface area (Å²) in [6.45, 7) is 32.6. The van der Waals surface area contributed by atoms with Crippen LogP contribution < -0.4 is 0 Å². The highest BCUT2D eigenvalue weighted by Gasteiger charge is 2.36. The average molecular weight is 1610 g/mol. The van der Waals surface area contributed by atoms with Gasteiger partial charge >= 0.3 is 0 Å². The molecule has 0 atom stereocenters. The van der Waals surface area contributed by atoms with Crippen molar-refractivity contribution in [2.24, 2.45) is 0 Å². The molecule has 22 rings (SSSR count). The molecule has 608 valence electrons. The monoisotopic (exact) mass is 1610 g/mol. The van der Waals surface area contributed by atoms with Crippen LogP contribution in [0.5, 0.6) is 0 Å². The Labute approximate surface area is 738 Å². The van der Waals surface area contributed by atoms with E-state index in [1.165, 1.54) is 219 Å². The van der Waals surface area contributed by atoms with Gasteiger partial charge in [0.25, 0.3) is 0 Å². The molecule has 21 aromatic carbocycles. The zero-order valence-electron chi connectivity index (χ0n) is 74.6. The predicted molar refractivity (Wildman–Crippen MR) is 546 cm³/mol. The standard InChI is InChI=1S/C33H30.C32H26.2C30H26/c1-32(2,3)31-26-15-8-6-13-24(26)30(25-14-7-9-16-27(25)31)21-18-19-23-22-12-10-11-17-28(22)33(4,5)29(23)20-21;1-32(2,3)31-27-18-10-8-16-25(27)30(26-17-9-11-19-28(26)31)29-20-21-12-4-5-13-22(21)23-14-6-7-15-24(23)29;1-30(2,3)29-26-18-9-7-16-24(26)28(25-17-8-10-19-27(25)29)23-15-11-14-22(20-23)21-12-5-4-6-13-21;1-30(2,3)29-26-15-9-7-13-24(26)28(25-14-8-10-16-27(25)29)23-19-17-22(18-20-23)21-11-5-4-6-12-21/h6-20H,1-5H3;4-20H,1-3H3;2*4-20H,1-3H3. The molecule has 0 heterocycles. The Morgan fingerprint density at radius 2 is 0.408 bits per heavy atom. The number of fused-ring (bicyclic) bond motifs is 14. The number of hydrogen-bond donors (Lipinski definition) is 0. The summed E-state index contributed by atoms with van der Waals surface area (Å²) in [6.07, 6.45) is 0. The summed E-state index contributed by atoms with van der Waals surface area (Å²) >= 11 is 0. The fourth-order valence-corrected chi connectivity index (χ4v) is 21.0. The summed E-state index contributed by atoms with van der Waals surface area (Å²) in [5.41, 5.74) is 27.0. The number of hydrogen-bond acceptors (Lipinski definition) is 0. The molecule has 0 fully saturated rings. The van der Waals surface area contributed by atoms with Crippen molar-refractivity contribution >= 4 is 108 Å². The minimum atomic E-state index is -0.00110. The molecule has 21 aromatic rings. The minimum Gasteiger partial charge on any atom is -0.0622 e. The van der Waals surface area contributed by atoms with Crippen LogP contribution in [0.2, 0.25) is 0 Å². The van der Waals surface area contributed by atoms with Gasteiger partial charge in [0.15, 0.2) is 0 Å². The Morgan fingerprint density at radius 1 is 0.152 bits per heavy atom. The highest BCUT2D eigenvalue weighted by atomic mass is 14.4. The van der Waals surface area contributed by atoms with Gasteiger partial charge in [0.2, 0.25) is 0 Å². The molecule has 0 unspecified atom stereocenters. The molecule has 125 heavy (non-hydrogen) atoms. The van der Waals surface area contributed by atoms with Gasteiger partial charge in [0.05, 0.1) is 0 Å². The van der Waals surface area contributed by atoms with E-state index >= 15 is 0 Å². The van der Waals surface area contributed by atoms with Gasteiger partial charge in [-0.15, -0.1) is 0 Å². The van der Waals surface area contributed by atoms with E-state index < -0.39 is 0 Å². The number of benzene rings is 21. The molecule has 0 saturated heterocycles. The lowest BCUT2D eigenvalue weighted by molar-refractivity contribution is 0.601. The molecule has 0 bridgehead atoms. The van der Waals surface area contributed by atoms with Gasteiger partial charge in [0.1, 0.15) is 0 Å². The molecule has 0 amide bonds. The van der Waals surface area contributed by atoms with Gasteiger partial charge in [-0.05, 0) is 259 Å². The predicted octanol–water partition coefficient (Wildman–Crippen LogP) is 35.8. The molecular weight excluding hydrogens is 1500 g/mol. The SMILES string of the molecule is CC(C)(C)c1c2ccccc2c(-c2cc3ccccc3c3ccccc23)c2ccccc12.CC(C)(C)c1c2ccccc2c(-c2ccc(-c3ccccc3)cc2)c2ccccc12.CC(C)(C)c1c2ccccc2c(-c2ccc3c(c2)C(C)(C)c2ccccc2-3)c2ccccc12.CC(C)(C)c1c2ccccc2c(-c2cccc(-c3ccccc3)c2)c2ccccc12. The molecule has 0 aromatic heterocycles. The molecule has 0 radical (unpaired) electrons. The van der Waals surface area contributed by atoms with E-state index in [4.69, 9.17) is 0 Å².